The van der Waals surface area contributed by atoms with Crippen molar-refractivity contribution in [1.29, 1.82) is 0 Å². The van der Waals surface area contributed by atoms with Crippen LogP contribution in [0.25, 0.3) is 0 Å². The predicted molar refractivity (Wildman–Crippen MR) is 92.6 cm³/mol. The summed E-state index contributed by atoms with van der Waals surface area (Å²) in [5.74, 6) is -0.0717. The Bertz CT molecular complexity index is 647. The van der Waals surface area contributed by atoms with E-state index in [9.17, 15) is 22.8 Å². The van der Waals surface area contributed by atoms with Gasteiger partial charge in [-0.1, -0.05) is 26.0 Å². The summed E-state index contributed by atoms with van der Waals surface area (Å²) >= 11 is 0. The molecule has 0 aliphatic carbocycles. The Hall–Kier alpha value is -2.25. The topological polar surface area (TPSA) is 61.4 Å². The lowest BCUT2D eigenvalue weighted by Gasteiger charge is -2.33. The number of alkyl halides is 3. The van der Waals surface area contributed by atoms with Crippen LogP contribution in [0.3, 0.4) is 0 Å². The highest BCUT2D eigenvalue weighted by atomic mass is 19.4. The summed E-state index contributed by atoms with van der Waals surface area (Å²) in [6, 6.07) is 4.36. The van der Waals surface area contributed by atoms with Gasteiger partial charge in [-0.25, -0.2) is 4.79 Å². The Morgan fingerprint density at radius 1 is 1.27 bits per heavy atom. The molecule has 1 heterocycles. The lowest BCUT2D eigenvalue weighted by molar-refractivity contribution is -0.137. The molecular weight excluding hydrogens is 347 g/mol. The number of piperidine rings is 1. The molecule has 1 aliphatic rings. The van der Waals surface area contributed by atoms with Gasteiger partial charge < -0.3 is 15.5 Å². The van der Waals surface area contributed by atoms with E-state index < -0.39 is 17.8 Å². The third-order valence-corrected chi connectivity index (χ3v) is 4.37. The van der Waals surface area contributed by atoms with Crippen LogP contribution in [-0.4, -0.2) is 36.5 Å². The Morgan fingerprint density at radius 2 is 1.96 bits per heavy atom. The number of benzene rings is 1. The second kappa shape index (κ2) is 8.42. The van der Waals surface area contributed by atoms with Gasteiger partial charge in [0, 0.05) is 25.6 Å². The summed E-state index contributed by atoms with van der Waals surface area (Å²) < 4.78 is 39.1. The van der Waals surface area contributed by atoms with Gasteiger partial charge in [-0.2, -0.15) is 13.2 Å². The highest BCUT2D eigenvalue weighted by Gasteiger charge is 2.34. The molecule has 5 nitrogen and oxygen atoms in total. The van der Waals surface area contributed by atoms with Crippen LogP contribution in [0.5, 0.6) is 0 Å². The normalized spacial score (nSPS) is 17.9. The zero-order valence-electron chi connectivity index (χ0n) is 14.9. The molecule has 0 unspecified atom stereocenters. The van der Waals surface area contributed by atoms with E-state index in [1.54, 1.807) is 13.8 Å². The van der Waals surface area contributed by atoms with Crippen molar-refractivity contribution >= 4 is 17.6 Å². The molecule has 0 bridgehead atoms. The third-order valence-electron chi connectivity index (χ3n) is 4.37. The van der Waals surface area contributed by atoms with Crippen molar-refractivity contribution in [1.82, 2.24) is 10.2 Å². The minimum atomic E-state index is -4.53. The summed E-state index contributed by atoms with van der Waals surface area (Å²) in [6.45, 7) is 4.94. The first kappa shape index (κ1) is 20.1. The van der Waals surface area contributed by atoms with Crippen molar-refractivity contribution < 1.29 is 22.8 Å². The van der Waals surface area contributed by atoms with Crippen LogP contribution in [-0.2, 0) is 11.0 Å². The Kier molecular flexibility index (Phi) is 6.50. The van der Waals surface area contributed by atoms with Gasteiger partial charge in [-0.3, -0.25) is 4.79 Å². The maximum atomic E-state index is 13.0. The minimum absolute atomic E-state index is 0.0503. The fourth-order valence-corrected chi connectivity index (χ4v) is 2.90. The maximum absolute atomic E-state index is 13.0. The largest absolute Gasteiger partial charge is 0.418 e. The summed E-state index contributed by atoms with van der Waals surface area (Å²) in [6.07, 6.45) is -2.92. The Labute approximate surface area is 150 Å². The van der Waals surface area contributed by atoms with Gasteiger partial charge in [-0.15, -0.1) is 0 Å². The van der Waals surface area contributed by atoms with Crippen molar-refractivity contribution in [2.24, 2.45) is 11.8 Å². The number of amides is 3. The van der Waals surface area contributed by atoms with Crippen LogP contribution in [0.4, 0.5) is 23.7 Å². The van der Waals surface area contributed by atoms with Crippen molar-refractivity contribution in [3.63, 3.8) is 0 Å². The molecule has 1 atom stereocenters. The molecule has 1 aliphatic heterocycles. The van der Waals surface area contributed by atoms with Crippen LogP contribution in [0, 0.1) is 11.8 Å². The van der Waals surface area contributed by atoms with Crippen LogP contribution in [0.15, 0.2) is 24.3 Å². The van der Waals surface area contributed by atoms with Crippen LogP contribution < -0.4 is 10.6 Å². The smallest absolute Gasteiger partial charge is 0.356 e. The predicted octanol–water partition coefficient (Wildman–Crippen LogP) is 3.72. The van der Waals surface area contributed by atoms with E-state index in [1.807, 2.05) is 0 Å². The van der Waals surface area contributed by atoms with Crippen LogP contribution >= 0.6 is 0 Å². The molecule has 0 radical (unpaired) electrons. The van der Waals surface area contributed by atoms with Gasteiger partial charge in [0.1, 0.15) is 0 Å². The number of halogens is 3. The van der Waals surface area contributed by atoms with Crippen molar-refractivity contribution in [3.8, 4) is 0 Å². The molecule has 1 aromatic carbocycles. The molecule has 1 fully saturated rings. The van der Waals surface area contributed by atoms with Crippen LogP contribution in [0.1, 0.15) is 32.3 Å². The number of urea groups is 1. The number of nitrogens with zero attached hydrogens (tertiary/aromatic N) is 1. The summed E-state index contributed by atoms with van der Waals surface area (Å²) in [7, 11) is 0. The lowest BCUT2D eigenvalue weighted by atomic mass is 9.98. The number of hydrogen-bond acceptors (Lipinski definition) is 2. The Balaban J connectivity index is 1.97. The van der Waals surface area contributed by atoms with Gasteiger partial charge in [0.25, 0.3) is 0 Å². The standard InChI is InChI=1S/C18H24F3N3O2/c1-12(2)16(25)22-10-13-6-5-9-24(11-13)17(26)23-15-8-4-3-7-14(15)18(19,20)21/h3-4,7-8,12-13H,5-6,9-11H2,1-2H3,(H,22,25)(H,23,26)/t13-/m1/s1. The van der Waals surface area contributed by atoms with E-state index in [2.05, 4.69) is 10.6 Å². The molecule has 8 heteroatoms. The zero-order chi connectivity index (χ0) is 19.3. The fourth-order valence-electron chi connectivity index (χ4n) is 2.90. The number of carbonyl (C=O) groups excluding carboxylic acids is 2. The van der Waals surface area contributed by atoms with Crippen molar-refractivity contribution in [2.45, 2.75) is 32.9 Å². The third kappa shape index (κ3) is 5.37. The number of nitrogens with one attached hydrogen (secondary N) is 2. The van der Waals surface area contributed by atoms with E-state index in [0.29, 0.717) is 19.6 Å². The van der Waals surface area contributed by atoms with Crippen molar-refractivity contribution in [3.05, 3.63) is 29.8 Å². The zero-order valence-corrected chi connectivity index (χ0v) is 14.9. The molecule has 0 saturated carbocycles. The second-order valence-electron chi connectivity index (χ2n) is 6.83. The molecular formula is C18H24F3N3O2. The molecule has 0 aromatic heterocycles. The average molecular weight is 371 g/mol. The average Bonchev–Trinajstić information content (AvgIpc) is 2.59. The first-order chi connectivity index (χ1) is 12.2. The van der Waals surface area contributed by atoms with E-state index in [1.165, 1.54) is 23.1 Å². The highest BCUT2D eigenvalue weighted by Crippen LogP contribution is 2.34. The molecule has 26 heavy (non-hydrogen) atoms. The monoisotopic (exact) mass is 371 g/mol. The van der Waals surface area contributed by atoms with E-state index in [0.717, 1.165) is 18.9 Å². The fraction of sp³-hybridized carbons (Fsp3) is 0.556. The van der Waals surface area contributed by atoms with Crippen molar-refractivity contribution in [2.75, 3.05) is 25.0 Å². The quantitative estimate of drug-likeness (QED) is 0.847. The number of carbonyl (C=O) groups is 2. The molecule has 144 valence electrons. The number of para-hydroxylation sites is 1. The van der Waals surface area contributed by atoms with Crippen LogP contribution in [0.2, 0.25) is 0 Å². The summed E-state index contributed by atoms with van der Waals surface area (Å²) in [4.78, 5) is 25.6. The molecule has 1 saturated heterocycles. The first-order valence-corrected chi connectivity index (χ1v) is 8.68. The molecule has 0 spiro atoms. The number of likely N-dealkylation sites (tertiary alicyclic amines) is 1. The Morgan fingerprint density at radius 3 is 2.62 bits per heavy atom. The summed E-state index contributed by atoms with van der Waals surface area (Å²) in [5, 5.41) is 5.21. The number of rotatable bonds is 4. The molecule has 3 amide bonds. The molecule has 2 N–H and O–H groups in total. The van der Waals surface area contributed by atoms with E-state index in [4.69, 9.17) is 0 Å². The SMILES string of the molecule is CC(C)C(=O)NC[C@H]1CCCN(C(=O)Nc2ccccc2C(F)(F)F)C1. The number of anilines is 1. The van der Waals surface area contributed by atoms with E-state index in [-0.39, 0.29) is 23.4 Å². The van der Waals surface area contributed by atoms with Gasteiger partial charge in [0.05, 0.1) is 11.3 Å². The van der Waals surface area contributed by atoms with Gasteiger partial charge >= 0.3 is 12.2 Å². The lowest BCUT2D eigenvalue weighted by Crippen LogP contribution is -2.45. The minimum Gasteiger partial charge on any atom is -0.356 e. The van der Waals surface area contributed by atoms with Gasteiger partial charge in [0.2, 0.25) is 5.91 Å². The van der Waals surface area contributed by atoms with Gasteiger partial charge in [0.15, 0.2) is 0 Å². The number of hydrogen-bond donors (Lipinski definition) is 2. The highest BCUT2D eigenvalue weighted by molar-refractivity contribution is 5.90. The van der Waals surface area contributed by atoms with E-state index >= 15 is 0 Å². The second-order valence-corrected chi connectivity index (χ2v) is 6.83. The molecule has 1 aromatic rings. The van der Waals surface area contributed by atoms with Gasteiger partial charge in [-0.05, 0) is 30.9 Å². The maximum Gasteiger partial charge on any atom is 0.418 e. The first-order valence-electron chi connectivity index (χ1n) is 8.68. The molecule has 2 rings (SSSR count). The summed E-state index contributed by atoms with van der Waals surface area (Å²) in [5.41, 5.74) is -1.12.